The van der Waals surface area contributed by atoms with E-state index in [4.69, 9.17) is 4.74 Å². The van der Waals surface area contributed by atoms with Gasteiger partial charge in [-0.1, -0.05) is 43.2 Å². The van der Waals surface area contributed by atoms with Crippen LogP contribution in [0.3, 0.4) is 0 Å². The Labute approximate surface area is 144 Å². The average molecular weight is 328 g/mol. The summed E-state index contributed by atoms with van der Waals surface area (Å²) < 4.78 is 5.39. The number of hydrogen-bond acceptors (Lipinski definition) is 3. The SMILES string of the molecule is O=C(CN1C[C@@H]2CCCC[C@]21c1ccccc1)NC[C@@H]1CCOC1. The molecule has 3 aliphatic rings. The van der Waals surface area contributed by atoms with Gasteiger partial charge in [-0.2, -0.15) is 0 Å². The quantitative estimate of drug-likeness (QED) is 0.903. The number of carbonyl (C=O) groups excluding carboxylic acids is 1. The molecule has 1 N–H and O–H groups in total. The number of amides is 1. The normalized spacial score (nSPS) is 32.8. The molecule has 130 valence electrons. The van der Waals surface area contributed by atoms with E-state index in [1.54, 1.807) is 0 Å². The Morgan fingerprint density at radius 1 is 1.25 bits per heavy atom. The molecule has 0 aromatic heterocycles. The number of likely N-dealkylation sites (tertiary alicyclic amines) is 1. The summed E-state index contributed by atoms with van der Waals surface area (Å²) in [6.07, 6.45) is 6.15. The first-order valence-electron chi connectivity index (χ1n) is 9.44. The first kappa shape index (κ1) is 16.1. The number of benzene rings is 1. The number of hydrogen-bond donors (Lipinski definition) is 1. The maximum atomic E-state index is 12.5. The number of nitrogens with one attached hydrogen (secondary N) is 1. The standard InChI is InChI=1S/C20H28N2O2/c23-19(21-12-16-9-11-24-15-16)14-22-13-18-8-4-5-10-20(18,22)17-6-2-1-3-7-17/h1-3,6-7,16,18H,4-5,8-15H2,(H,21,23)/t16-,18-,20-/m0/s1. The van der Waals surface area contributed by atoms with Crippen LogP contribution in [0.1, 0.15) is 37.7 Å². The van der Waals surface area contributed by atoms with Crippen molar-refractivity contribution in [3.63, 3.8) is 0 Å². The minimum Gasteiger partial charge on any atom is -0.381 e. The number of rotatable bonds is 5. The zero-order valence-electron chi connectivity index (χ0n) is 14.4. The van der Waals surface area contributed by atoms with Gasteiger partial charge in [0.2, 0.25) is 5.91 Å². The van der Waals surface area contributed by atoms with Gasteiger partial charge in [0.05, 0.1) is 18.7 Å². The third-order valence-corrected chi connectivity index (χ3v) is 6.26. The van der Waals surface area contributed by atoms with E-state index in [-0.39, 0.29) is 11.4 Å². The Hall–Kier alpha value is -1.39. The highest BCUT2D eigenvalue weighted by atomic mass is 16.5. The first-order valence-corrected chi connectivity index (χ1v) is 9.44. The molecule has 4 nitrogen and oxygen atoms in total. The molecule has 0 unspecified atom stereocenters. The predicted octanol–water partition coefficient (Wildman–Crippen LogP) is 2.54. The van der Waals surface area contributed by atoms with Crippen LogP contribution in [0.15, 0.2) is 30.3 Å². The minimum atomic E-state index is 0.104. The molecule has 0 bridgehead atoms. The smallest absolute Gasteiger partial charge is 0.234 e. The monoisotopic (exact) mass is 328 g/mol. The molecule has 1 amide bonds. The van der Waals surface area contributed by atoms with Crippen molar-refractivity contribution in [2.24, 2.45) is 11.8 Å². The lowest BCUT2D eigenvalue weighted by Crippen LogP contribution is -2.67. The summed E-state index contributed by atoms with van der Waals surface area (Å²) in [7, 11) is 0. The van der Waals surface area contributed by atoms with Crippen LogP contribution >= 0.6 is 0 Å². The fraction of sp³-hybridized carbons (Fsp3) is 0.650. The van der Waals surface area contributed by atoms with Crippen LogP contribution in [0.2, 0.25) is 0 Å². The van der Waals surface area contributed by atoms with Crippen molar-refractivity contribution < 1.29 is 9.53 Å². The van der Waals surface area contributed by atoms with Crippen molar-refractivity contribution in [1.29, 1.82) is 0 Å². The van der Waals surface area contributed by atoms with Crippen LogP contribution in [-0.4, -0.2) is 43.7 Å². The Balaban J connectivity index is 1.41. The number of fused-ring (bicyclic) bond motifs is 1. The van der Waals surface area contributed by atoms with E-state index in [9.17, 15) is 4.79 Å². The molecule has 4 rings (SSSR count). The average Bonchev–Trinajstić information content (AvgIpc) is 3.12. The molecule has 2 saturated heterocycles. The Kier molecular flexibility index (Phi) is 4.59. The van der Waals surface area contributed by atoms with Gasteiger partial charge < -0.3 is 10.1 Å². The molecule has 24 heavy (non-hydrogen) atoms. The third kappa shape index (κ3) is 2.86. The van der Waals surface area contributed by atoms with E-state index in [1.807, 2.05) is 0 Å². The van der Waals surface area contributed by atoms with E-state index < -0.39 is 0 Å². The summed E-state index contributed by atoms with van der Waals surface area (Å²) in [4.78, 5) is 14.9. The molecule has 2 heterocycles. The summed E-state index contributed by atoms with van der Waals surface area (Å²) >= 11 is 0. The summed E-state index contributed by atoms with van der Waals surface area (Å²) in [5.41, 5.74) is 1.51. The molecular formula is C20H28N2O2. The Bertz CT molecular complexity index is 570. The molecule has 0 spiro atoms. The summed E-state index contributed by atoms with van der Waals surface area (Å²) in [6.45, 7) is 3.98. The molecule has 1 aliphatic carbocycles. The molecule has 2 aliphatic heterocycles. The predicted molar refractivity (Wildman–Crippen MR) is 93.6 cm³/mol. The zero-order chi connectivity index (χ0) is 16.4. The lowest BCUT2D eigenvalue weighted by molar-refractivity contribution is -0.142. The van der Waals surface area contributed by atoms with Gasteiger partial charge in [0, 0.05) is 25.6 Å². The largest absolute Gasteiger partial charge is 0.381 e. The topological polar surface area (TPSA) is 41.6 Å². The number of carbonyl (C=O) groups is 1. The highest BCUT2D eigenvalue weighted by Gasteiger charge is 2.55. The maximum Gasteiger partial charge on any atom is 0.234 e. The van der Waals surface area contributed by atoms with Gasteiger partial charge >= 0.3 is 0 Å². The van der Waals surface area contributed by atoms with Crippen molar-refractivity contribution in [3.8, 4) is 0 Å². The molecule has 0 radical (unpaired) electrons. The second-order valence-electron chi connectivity index (χ2n) is 7.65. The van der Waals surface area contributed by atoms with E-state index in [0.717, 1.165) is 32.7 Å². The second kappa shape index (κ2) is 6.85. The third-order valence-electron chi connectivity index (χ3n) is 6.26. The molecule has 3 atom stereocenters. The van der Waals surface area contributed by atoms with Crippen molar-refractivity contribution in [2.75, 3.05) is 32.8 Å². The van der Waals surface area contributed by atoms with Crippen LogP contribution in [0.25, 0.3) is 0 Å². The van der Waals surface area contributed by atoms with Gasteiger partial charge in [-0.3, -0.25) is 9.69 Å². The highest BCUT2D eigenvalue weighted by molar-refractivity contribution is 5.78. The van der Waals surface area contributed by atoms with Gasteiger partial charge in [-0.15, -0.1) is 0 Å². The molecule has 1 saturated carbocycles. The first-order chi connectivity index (χ1) is 11.8. The van der Waals surface area contributed by atoms with Crippen molar-refractivity contribution in [1.82, 2.24) is 10.2 Å². The minimum absolute atomic E-state index is 0.104. The summed E-state index contributed by atoms with van der Waals surface area (Å²) in [5.74, 6) is 1.38. The van der Waals surface area contributed by atoms with E-state index in [1.165, 1.54) is 31.2 Å². The Morgan fingerprint density at radius 2 is 2.12 bits per heavy atom. The van der Waals surface area contributed by atoms with E-state index in [0.29, 0.717) is 18.4 Å². The van der Waals surface area contributed by atoms with Crippen LogP contribution in [0.4, 0.5) is 0 Å². The molecule has 1 aromatic rings. The van der Waals surface area contributed by atoms with Crippen LogP contribution in [0, 0.1) is 11.8 Å². The summed E-state index contributed by atoms with van der Waals surface area (Å²) in [6, 6.07) is 10.8. The van der Waals surface area contributed by atoms with Gasteiger partial charge in [-0.25, -0.2) is 0 Å². The number of ether oxygens (including phenoxy) is 1. The fourth-order valence-corrected chi connectivity index (χ4v) is 4.93. The van der Waals surface area contributed by atoms with Crippen LogP contribution in [-0.2, 0) is 15.1 Å². The van der Waals surface area contributed by atoms with E-state index >= 15 is 0 Å². The van der Waals surface area contributed by atoms with Crippen molar-refractivity contribution in [2.45, 2.75) is 37.6 Å². The Morgan fingerprint density at radius 3 is 2.88 bits per heavy atom. The molecular weight excluding hydrogens is 300 g/mol. The van der Waals surface area contributed by atoms with E-state index in [2.05, 4.69) is 40.5 Å². The maximum absolute atomic E-state index is 12.5. The van der Waals surface area contributed by atoms with Gasteiger partial charge in [-0.05, 0) is 30.7 Å². The fourth-order valence-electron chi connectivity index (χ4n) is 4.93. The van der Waals surface area contributed by atoms with Gasteiger partial charge in [0.15, 0.2) is 0 Å². The lowest BCUT2D eigenvalue weighted by Gasteiger charge is -2.61. The zero-order valence-corrected chi connectivity index (χ0v) is 14.4. The highest BCUT2D eigenvalue weighted by Crippen LogP contribution is 2.53. The second-order valence-corrected chi connectivity index (χ2v) is 7.65. The van der Waals surface area contributed by atoms with Crippen LogP contribution in [0.5, 0.6) is 0 Å². The van der Waals surface area contributed by atoms with Gasteiger partial charge in [0.1, 0.15) is 0 Å². The molecule has 3 fully saturated rings. The van der Waals surface area contributed by atoms with Gasteiger partial charge in [0.25, 0.3) is 0 Å². The summed E-state index contributed by atoms with van der Waals surface area (Å²) in [5, 5.41) is 3.13. The lowest BCUT2D eigenvalue weighted by atomic mass is 9.62. The number of nitrogens with zero attached hydrogens (tertiary/aromatic N) is 1. The van der Waals surface area contributed by atoms with Crippen LogP contribution < -0.4 is 5.32 Å². The molecule has 1 aromatic carbocycles. The van der Waals surface area contributed by atoms with Crippen molar-refractivity contribution >= 4 is 5.91 Å². The molecule has 4 heteroatoms. The van der Waals surface area contributed by atoms with Crippen molar-refractivity contribution in [3.05, 3.63) is 35.9 Å².